The van der Waals surface area contributed by atoms with E-state index in [-0.39, 0.29) is 0 Å². The number of aryl methyl sites for hydroxylation is 1. The summed E-state index contributed by atoms with van der Waals surface area (Å²) in [6.45, 7) is 1.94. The molecule has 0 atom stereocenters. The molecule has 0 aliphatic heterocycles. The Kier molecular flexibility index (Phi) is 2.26. The fourth-order valence-corrected chi connectivity index (χ4v) is 1.27. The van der Waals surface area contributed by atoms with Gasteiger partial charge in [0.25, 0.3) is 0 Å². The standard InChI is InChI=1S/C10H12N4/c1-8-12-13-10(14(8)2)7-9-5-3-4-6-11-9/h3-6H,7H2,1-2H3. The van der Waals surface area contributed by atoms with Gasteiger partial charge in [-0.2, -0.15) is 0 Å². The zero-order valence-corrected chi connectivity index (χ0v) is 8.31. The Morgan fingerprint density at radius 2 is 2.14 bits per heavy atom. The molecule has 0 bridgehead atoms. The summed E-state index contributed by atoms with van der Waals surface area (Å²) in [6.07, 6.45) is 2.52. The van der Waals surface area contributed by atoms with E-state index >= 15 is 0 Å². The molecule has 0 saturated carbocycles. The quantitative estimate of drug-likeness (QED) is 0.709. The summed E-state index contributed by atoms with van der Waals surface area (Å²) < 4.78 is 1.98. The van der Waals surface area contributed by atoms with E-state index in [0.717, 1.165) is 23.8 Å². The van der Waals surface area contributed by atoms with Crippen LogP contribution in [0.15, 0.2) is 24.4 Å². The third kappa shape index (κ3) is 1.64. The van der Waals surface area contributed by atoms with Gasteiger partial charge in [-0.15, -0.1) is 10.2 Å². The number of hydrogen-bond acceptors (Lipinski definition) is 3. The summed E-state index contributed by atoms with van der Waals surface area (Å²) in [6, 6.07) is 5.88. The van der Waals surface area contributed by atoms with E-state index in [1.807, 2.05) is 36.7 Å². The summed E-state index contributed by atoms with van der Waals surface area (Å²) >= 11 is 0. The maximum Gasteiger partial charge on any atom is 0.138 e. The molecule has 0 radical (unpaired) electrons. The van der Waals surface area contributed by atoms with Crippen LogP contribution in [0.1, 0.15) is 17.3 Å². The van der Waals surface area contributed by atoms with Gasteiger partial charge in [0.05, 0.1) is 6.42 Å². The SMILES string of the molecule is Cc1nnc(Cc2ccccn2)n1C. The first-order valence-corrected chi connectivity index (χ1v) is 4.52. The molecule has 0 unspecified atom stereocenters. The highest BCUT2D eigenvalue weighted by atomic mass is 15.3. The number of rotatable bonds is 2. The van der Waals surface area contributed by atoms with Crippen LogP contribution < -0.4 is 0 Å². The Bertz CT molecular complexity index is 419. The number of nitrogens with zero attached hydrogens (tertiary/aromatic N) is 4. The topological polar surface area (TPSA) is 43.6 Å². The molecule has 2 heterocycles. The molecule has 0 amide bonds. The van der Waals surface area contributed by atoms with Gasteiger partial charge in [0.2, 0.25) is 0 Å². The van der Waals surface area contributed by atoms with Crippen LogP contribution >= 0.6 is 0 Å². The molecule has 2 aromatic heterocycles. The second kappa shape index (κ2) is 3.57. The average Bonchev–Trinajstić information content (AvgIpc) is 2.52. The summed E-state index contributed by atoms with van der Waals surface area (Å²) in [5.74, 6) is 1.87. The van der Waals surface area contributed by atoms with Crippen molar-refractivity contribution in [3.63, 3.8) is 0 Å². The predicted octanol–water partition coefficient (Wildman–Crippen LogP) is 1.11. The van der Waals surface area contributed by atoms with Crippen molar-refractivity contribution >= 4 is 0 Å². The highest BCUT2D eigenvalue weighted by Crippen LogP contribution is 2.04. The maximum atomic E-state index is 4.24. The zero-order chi connectivity index (χ0) is 9.97. The minimum absolute atomic E-state index is 0.734. The van der Waals surface area contributed by atoms with Crippen LogP contribution in [-0.2, 0) is 13.5 Å². The van der Waals surface area contributed by atoms with Crippen LogP contribution in [0, 0.1) is 6.92 Å². The molecule has 0 N–H and O–H groups in total. The van der Waals surface area contributed by atoms with Crippen LogP contribution in [0.5, 0.6) is 0 Å². The first-order chi connectivity index (χ1) is 6.77. The van der Waals surface area contributed by atoms with Gasteiger partial charge in [0.15, 0.2) is 0 Å². The van der Waals surface area contributed by atoms with Crippen molar-refractivity contribution in [2.24, 2.45) is 7.05 Å². The fraction of sp³-hybridized carbons (Fsp3) is 0.300. The Labute approximate surface area is 82.6 Å². The maximum absolute atomic E-state index is 4.24. The molecule has 0 saturated heterocycles. The van der Waals surface area contributed by atoms with Crippen LogP contribution in [-0.4, -0.2) is 19.7 Å². The Morgan fingerprint density at radius 1 is 1.29 bits per heavy atom. The van der Waals surface area contributed by atoms with Crippen LogP contribution in [0.2, 0.25) is 0 Å². The largest absolute Gasteiger partial charge is 0.318 e. The van der Waals surface area contributed by atoms with Gasteiger partial charge < -0.3 is 4.57 Å². The van der Waals surface area contributed by atoms with E-state index in [1.165, 1.54) is 0 Å². The van der Waals surface area contributed by atoms with Crippen molar-refractivity contribution < 1.29 is 0 Å². The highest BCUT2D eigenvalue weighted by molar-refractivity contribution is 5.10. The van der Waals surface area contributed by atoms with E-state index in [0.29, 0.717) is 0 Å². The van der Waals surface area contributed by atoms with Gasteiger partial charge in [-0.1, -0.05) is 6.07 Å². The van der Waals surface area contributed by atoms with Crippen molar-refractivity contribution in [1.82, 2.24) is 19.7 Å². The van der Waals surface area contributed by atoms with Crippen molar-refractivity contribution in [3.05, 3.63) is 41.7 Å². The molecule has 14 heavy (non-hydrogen) atoms. The normalized spacial score (nSPS) is 10.4. The molecule has 4 nitrogen and oxygen atoms in total. The molecule has 2 aromatic rings. The summed E-state index contributed by atoms with van der Waals surface area (Å²) in [5.41, 5.74) is 1.02. The summed E-state index contributed by atoms with van der Waals surface area (Å²) in [7, 11) is 1.97. The average molecular weight is 188 g/mol. The lowest BCUT2D eigenvalue weighted by Gasteiger charge is -2.00. The molecule has 4 heteroatoms. The first-order valence-electron chi connectivity index (χ1n) is 4.52. The summed E-state index contributed by atoms with van der Waals surface area (Å²) in [5, 5.41) is 8.08. The van der Waals surface area contributed by atoms with E-state index in [1.54, 1.807) is 6.20 Å². The molecule has 0 aliphatic rings. The minimum Gasteiger partial charge on any atom is -0.318 e. The van der Waals surface area contributed by atoms with Crippen molar-refractivity contribution in [3.8, 4) is 0 Å². The Balaban J connectivity index is 2.23. The second-order valence-electron chi connectivity index (χ2n) is 3.22. The number of aromatic nitrogens is 4. The van der Waals surface area contributed by atoms with E-state index < -0.39 is 0 Å². The lowest BCUT2D eigenvalue weighted by molar-refractivity contribution is 0.788. The van der Waals surface area contributed by atoms with Crippen LogP contribution in [0.3, 0.4) is 0 Å². The van der Waals surface area contributed by atoms with Gasteiger partial charge in [0, 0.05) is 18.9 Å². The molecule has 0 spiro atoms. The predicted molar refractivity (Wildman–Crippen MR) is 52.8 cm³/mol. The van der Waals surface area contributed by atoms with Gasteiger partial charge in [-0.3, -0.25) is 4.98 Å². The van der Waals surface area contributed by atoms with Gasteiger partial charge in [-0.25, -0.2) is 0 Å². The summed E-state index contributed by atoms with van der Waals surface area (Å²) in [4.78, 5) is 4.24. The van der Waals surface area contributed by atoms with E-state index in [2.05, 4.69) is 15.2 Å². The van der Waals surface area contributed by atoms with Gasteiger partial charge in [0.1, 0.15) is 11.6 Å². The first kappa shape index (κ1) is 8.87. The zero-order valence-electron chi connectivity index (χ0n) is 8.31. The van der Waals surface area contributed by atoms with Crippen LogP contribution in [0.25, 0.3) is 0 Å². The lowest BCUT2D eigenvalue weighted by Crippen LogP contribution is -2.01. The molecule has 0 aromatic carbocycles. The van der Waals surface area contributed by atoms with Crippen molar-refractivity contribution in [2.75, 3.05) is 0 Å². The van der Waals surface area contributed by atoms with Crippen LogP contribution in [0.4, 0.5) is 0 Å². The van der Waals surface area contributed by atoms with Gasteiger partial charge in [-0.05, 0) is 19.1 Å². The fourth-order valence-electron chi connectivity index (χ4n) is 1.27. The highest BCUT2D eigenvalue weighted by Gasteiger charge is 2.05. The number of pyridine rings is 1. The molecule has 0 aliphatic carbocycles. The molecular formula is C10H12N4. The third-order valence-corrected chi connectivity index (χ3v) is 2.25. The molecular weight excluding hydrogens is 176 g/mol. The molecule has 0 fully saturated rings. The van der Waals surface area contributed by atoms with E-state index in [9.17, 15) is 0 Å². The van der Waals surface area contributed by atoms with Gasteiger partial charge >= 0.3 is 0 Å². The Morgan fingerprint density at radius 3 is 2.71 bits per heavy atom. The van der Waals surface area contributed by atoms with Crippen molar-refractivity contribution in [1.29, 1.82) is 0 Å². The van der Waals surface area contributed by atoms with E-state index in [4.69, 9.17) is 0 Å². The Hall–Kier alpha value is -1.71. The smallest absolute Gasteiger partial charge is 0.138 e. The van der Waals surface area contributed by atoms with Crippen molar-refractivity contribution in [2.45, 2.75) is 13.3 Å². The second-order valence-corrected chi connectivity index (χ2v) is 3.22. The minimum atomic E-state index is 0.734. The third-order valence-electron chi connectivity index (χ3n) is 2.25. The molecule has 2 rings (SSSR count). The monoisotopic (exact) mass is 188 g/mol. The lowest BCUT2D eigenvalue weighted by atomic mass is 10.2. The number of hydrogen-bond donors (Lipinski definition) is 0. The molecule has 72 valence electrons.